The van der Waals surface area contributed by atoms with Crippen molar-refractivity contribution in [2.75, 3.05) is 6.61 Å². The maximum atomic E-state index is 12.9. The second-order valence-corrected chi connectivity index (χ2v) is 4.02. The molecule has 18 heavy (non-hydrogen) atoms. The van der Waals surface area contributed by atoms with Crippen LogP contribution < -0.4 is 4.74 Å². The summed E-state index contributed by atoms with van der Waals surface area (Å²) < 4.78 is 18.3. The maximum Gasteiger partial charge on any atom is 0.126 e. The number of benzene rings is 2. The number of hydrogen-bond acceptors (Lipinski definition) is 2. The summed E-state index contributed by atoms with van der Waals surface area (Å²) in [6.07, 6.45) is -0.0830. The van der Waals surface area contributed by atoms with E-state index in [-0.39, 0.29) is 5.82 Å². The van der Waals surface area contributed by atoms with Crippen LogP contribution in [-0.2, 0) is 0 Å². The molecule has 3 heteroatoms. The molecule has 0 aliphatic carbocycles. The van der Waals surface area contributed by atoms with Crippen molar-refractivity contribution in [1.82, 2.24) is 0 Å². The number of hydrogen-bond donors (Lipinski definition) is 1. The second kappa shape index (κ2) is 6.17. The summed E-state index contributed by atoms with van der Waals surface area (Å²) in [6, 6.07) is 15.4. The van der Waals surface area contributed by atoms with E-state index in [2.05, 4.69) is 0 Å². The van der Waals surface area contributed by atoms with Gasteiger partial charge in [0.1, 0.15) is 11.6 Å². The predicted molar refractivity (Wildman–Crippen MR) is 67.9 cm³/mol. The van der Waals surface area contributed by atoms with E-state index in [9.17, 15) is 9.50 Å². The molecule has 0 saturated heterocycles. The third-order valence-corrected chi connectivity index (χ3v) is 2.64. The molecule has 1 N–H and O–H groups in total. The molecule has 1 atom stereocenters. The van der Waals surface area contributed by atoms with E-state index in [4.69, 9.17) is 4.74 Å². The monoisotopic (exact) mass is 246 g/mol. The van der Waals surface area contributed by atoms with E-state index < -0.39 is 6.10 Å². The molecule has 0 aromatic heterocycles. The molecule has 0 aliphatic rings. The average Bonchev–Trinajstić information content (AvgIpc) is 2.40. The van der Waals surface area contributed by atoms with Crippen LogP contribution in [0, 0.1) is 5.82 Å². The Hall–Kier alpha value is -1.87. The summed E-state index contributed by atoms with van der Waals surface area (Å²) in [6.45, 7) is 0.347. The third-order valence-electron chi connectivity index (χ3n) is 2.64. The van der Waals surface area contributed by atoms with Crippen molar-refractivity contribution in [2.45, 2.75) is 12.5 Å². The van der Waals surface area contributed by atoms with Crippen LogP contribution in [0.5, 0.6) is 5.75 Å². The van der Waals surface area contributed by atoms with Gasteiger partial charge in [-0.15, -0.1) is 0 Å². The fourth-order valence-electron chi connectivity index (χ4n) is 1.69. The zero-order valence-electron chi connectivity index (χ0n) is 9.92. The van der Waals surface area contributed by atoms with Gasteiger partial charge in [-0.1, -0.05) is 36.4 Å². The Morgan fingerprint density at radius 1 is 1.06 bits per heavy atom. The fourth-order valence-corrected chi connectivity index (χ4v) is 1.69. The summed E-state index contributed by atoms with van der Waals surface area (Å²) in [5, 5.41) is 9.90. The number of rotatable bonds is 5. The lowest BCUT2D eigenvalue weighted by Gasteiger charge is -2.11. The van der Waals surface area contributed by atoms with Crippen molar-refractivity contribution in [3.8, 4) is 5.75 Å². The molecule has 2 aromatic carbocycles. The van der Waals surface area contributed by atoms with Crippen LogP contribution in [0.2, 0.25) is 0 Å². The van der Waals surface area contributed by atoms with Crippen LogP contribution in [0.4, 0.5) is 4.39 Å². The molecule has 94 valence electrons. The summed E-state index contributed by atoms with van der Waals surface area (Å²) in [4.78, 5) is 0. The third kappa shape index (κ3) is 3.57. The standard InChI is InChI=1S/C15H15FO2/c16-13-7-4-8-14(11-13)18-10-9-15(17)12-5-2-1-3-6-12/h1-8,11,15,17H,9-10H2. The number of aliphatic hydroxyl groups excluding tert-OH is 1. The Balaban J connectivity index is 1.82. The van der Waals surface area contributed by atoms with Crippen LogP contribution in [0.1, 0.15) is 18.1 Å². The first-order chi connectivity index (χ1) is 8.75. The van der Waals surface area contributed by atoms with Gasteiger partial charge >= 0.3 is 0 Å². The Morgan fingerprint density at radius 2 is 1.83 bits per heavy atom. The molecule has 2 nitrogen and oxygen atoms in total. The molecule has 0 amide bonds. The first-order valence-electron chi connectivity index (χ1n) is 5.87. The Labute approximate surface area is 106 Å². The maximum absolute atomic E-state index is 12.9. The Morgan fingerprint density at radius 3 is 2.56 bits per heavy atom. The minimum Gasteiger partial charge on any atom is -0.493 e. The summed E-state index contributed by atoms with van der Waals surface area (Å²) >= 11 is 0. The van der Waals surface area contributed by atoms with Gasteiger partial charge in [0, 0.05) is 12.5 Å². The molecule has 0 heterocycles. The van der Waals surface area contributed by atoms with Crippen molar-refractivity contribution >= 4 is 0 Å². The molecular formula is C15H15FO2. The van der Waals surface area contributed by atoms with Crippen LogP contribution in [0.25, 0.3) is 0 Å². The van der Waals surface area contributed by atoms with E-state index in [1.54, 1.807) is 12.1 Å². The van der Waals surface area contributed by atoms with E-state index in [0.717, 1.165) is 5.56 Å². The van der Waals surface area contributed by atoms with Gasteiger partial charge in [0.2, 0.25) is 0 Å². The number of ether oxygens (including phenoxy) is 1. The van der Waals surface area contributed by atoms with Crippen LogP contribution in [-0.4, -0.2) is 11.7 Å². The van der Waals surface area contributed by atoms with Gasteiger partial charge in [-0.25, -0.2) is 4.39 Å². The highest BCUT2D eigenvalue weighted by Gasteiger charge is 2.06. The zero-order valence-corrected chi connectivity index (χ0v) is 9.92. The minimum absolute atomic E-state index is 0.323. The zero-order chi connectivity index (χ0) is 12.8. The number of aliphatic hydroxyl groups is 1. The largest absolute Gasteiger partial charge is 0.493 e. The highest BCUT2D eigenvalue weighted by atomic mass is 19.1. The van der Waals surface area contributed by atoms with Crippen LogP contribution in [0.3, 0.4) is 0 Å². The smallest absolute Gasteiger partial charge is 0.126 e. The molecular weight excluding hydrogens is 231 g/mol. The van der Waals surface area contributed by atoms with Gasteiger partial charge in [0.25, 0.3) is 0 Å². The molecule has 0 bridgehead atoms. The molecule has 0 radical (unpaired) electrons. The minimum atomic E-state index is -0.556. The van der Waals surface area contributed by atoms with Crippen molar-refractivity contribution in [3.63, 3.8) is 0 Å². The van der Waals surface area contributed by atoms with Crippen LogP contribution in [0.15, 0.2) is 54.6 Å². The van der Waals surface area contributed by atoms with Crippen LogP contribution >= 0.6 is 0 Å². The van der Waals surface area contributed by atoms with Gasteiger partial charge < -0.3 is 9.84 Å². The summed E-state index contributed by atoms with van der Waals surface area (Å²) in [5.74, 6) is 0.159. The lowest BCUT2D eigenvalue weighted by Crippen LogP contribution is -2.05. The highest BCUT2D eigenvalue weighted by Crippen LogP contribution is 2.17. The van der Waals surface area contributed by atoms with Gasteiger partial charge in [-0.05, 0) is 17.7 Å². The van der Waals surface area contributed by atoms with E-state index >= 15 is 0 Å². The molecule has 2 rings (SSSR count). The van der Waals surface area contributed by atoms with Gasteiger partial charge in [0.15, 0.2) is 0 Å². The SMILES string of the molecule is OC(CCOc1cccc(F)c1)c1ccccc1. The normalized spacial score (nSPS) is 12.1. The van der Waals surface area contributed by atoms with Gasteiger partial charge in [-0.3, -0.25) is 0 Å². The second-order valence-electron chi connectivity index (χ2n) is 4.02. The van der Waals surface area contributed by atoms with E-state index in [1.165, 1.54) is 12.1 Å². The average molecular weight is 246 g/mol. The first-order valence-corrected chi connectivity index (χ1v) is 5.87. The Bertz CT molecular complexity index is 485. The lowest BCUT2D eigenvalue weighted by molar-refractivity contribution is 0.140. The van der Waals surface area contributed by atoms with Crippen molar-refractivity contribution in [2.24, 2.45) is 0 Å². The molecule has 0 fully saturated rings. The van der Waals surface area contributed by atoms with Crippen molar-refractivity contribution in [3.05, 3.63) is 66.0 Å². The topological polar surface area (TPSA) is 29.5 Å². The lowest BCUT2D eigenvalue weighted by atomic mass is 10.1. The first kappa shape index (κ1) is 12.6. The summed E-state index contributed by atoms with van der Waals surface area (Å²) in [5.41, 5.74) is 0.861. The van der Waals surface area contributed by atoms with Crippen molar-refractivity contribution < 1.29 is 14.2 Å². The van der Waals surface area contributed by atoms with Gasteiger partial charge in [0.05, 0.1) is 12.7 Å². The Kier molecular flexibility index (Phi) is 4.31. The molecule has 0 spiro atoms. The van der Waals surface area contributed by atoms with E-state index in [1.807, 2.05) is 30.3 Å². The van der Waals surface area contributed by atoms with E-state index in [0.29, 0.717) is 18.8 Å². The fraction of sp³-hybridized carbons (Fsp3) is 0.200. The summed E-state index contributed by atoms with van der Waals surface area (Å²) in [7, 11) is 0. The molecule has 2 aromatic rings. The highest BCUT2D eigenvalue weighted by molar-refractivity contribution is 5.22. The molecule has 0 aliphatic heterocycles. The van der Waals surface area contributed by atoms with Crippen molar-refractivity contribution in [1.29, 1.82) is 0 Å². The molecule has 0 saturated carbocycles. The quantitative estimate of drug-likeness (QED) is 0.876. The number of halogens is 1. The predicted octanol–water partition coefficient (Wildman–Crippen LogP) is 3.33. The molecule has 1 unspecified atom stereocenters. The van der Waals surface area contributed by atoms with Gasteiger partial charge in [-0.2, -0.15) is 0 Å².